The first-order chi connectivity index (χ1) is 15.1. The maximum Gasteiger partial charge on any atom is 0.260 e. The van der Waals surface area contributed by atoms with Crippen molar-refractivity contribution >= 4 is 21.8 Å². The molecule has 1 aliphatic rings. The number of benzene rings is 1. The Morgan fingerprint density at radius 1 is 0.903 bits per heavy atom. The van der Waals surface area contributed by atoms with Gasteiger partial charge in [0.05, 0.1) is 21.8 Å². The minimum absolute atomic E-state index is 0.0373. The Kier molecular flexibility index (Phi) is 5.18. The van der Waals surface area contributed by atoms with Crippen LogP contribution in [0.5, 0.6) is 0 Å². The van der Waals surface area contributed by atoms with Gasteiger partial charge >= 0.3 is 0 Å². The first-order valence-corrected chi connectivity index (χ1v) is 11.2. The fourth-order valence-electron chi connectivity index (χ4n) is 4.92. The van der Waals surface area contributed by atoms with E-state index < -0.39 is 0 Å². The minimum Gasteiger partial charge on any atom is -0.315 e. The van der Waals surface area contributed by atoms with Crippen molar-refractivity contribution in [1.82, 2.24) is 14.1 Å². The third-order valence-corrected chi connectivity index (χ3v) is 6.75. The van der Waals surface area contributed by atoms with Crippen LogP contribution >= 0.6 is 0 Å². The second-order valence-electron chi connectivity index (χ2n) is 8.76. The van der Waals surface area contributed by atoms with E-state index in [0.717, 1.165) is 25.7 Å². The van der Waals surface area contributed by atoms with Crippen molar-refractivity contribution in [3.63, 3.8) is 0 Å². The lowest BCUT2D eigenvalue weighted by Gasteiger charge is -2.30. The van der Waals surface area contributed by atoms with E-state index in [1.807, 2.05) is 41.1 Å². The highest BCUT2D eigenvalue weighted by molar-refractivity contribution is 5.91. The molecule has 5 nitrogen and oxygen atoms in total. The van der Waals surface area contributed by atoms with Gasteiger partial charge in [-0.2, -0.15) is 0 Å². The summed E-state index contributed by atoms with van der Waals surface area (Å²) < 4.78 is 3.59. The SMILES string of the molecule is C[C@@H]1CCCC[C@H]1n1ccc2nc3ccn(CCc4ccccc4)c(=O)c3cc2c1=O. The Bertz CT molecular complexity index is 1350. The molecule has 3 heterocycles. The summed E-state index contributed by atoms with van der Waals surface area (Å²) in [6, 6.07) is 15.9. The summed E-state index contributed by atoms with van der Waals surface area (Å²) in [5.41, 5.74) is 2.35. The molecule has 3 aromatic heterocycles. The van der Waals surface area contributed by atoms with Crippen LogP contribution in [-0.4, -0.2) is 14.1 Å². The molecule has 0 unspecified atom stereocenters. The van der Waals surface area contributed by atoms with E-state index in [-0.39, 0.29) is 17.2 Å². The molecule has 1 fully saturated rings. The monoisotopic (exact) mass is 413 g/mol. The molecule has 0 saturated heterocycles. The summed E-state index contributed by atoms with van der Waals surface area (Å²) in [7, 11) is 0. The molecular weight excluding hydrogens is 386 g/mol. The molecule has 31 heavy (non-hydrogen) atoms. The van der Waals surface area contributed by atoms with Gasteiger partial charge in [0.1, 0.15) is 0 Å². The lowest BCUT2D eigenvalue weighted by molar-refractivity contribution is 0.253. The van der Waals surface area contributed by atoms with Gasteiger partial charge in [-0.3, -0.25) is 9.59 Å². The highest BCUT2D eigenvalue weighted by atomic mass is 16.1. The Balaban J connectivity index is 1.56. The van der Waals surface area contributed by atoms with E-state index in [0.29, 0.717) is 34.3 Å². The molecule has 0 aliphatic heterocycles. The lowest BCUT2D eigenvalue weighted by atomic mass is 9.85. The maximum atomic E-state index is 13.3. The van der Waals surface area contributed by atoms with E-state index in [1.54, 1.807) is 16.8 Å². The summed E-state index contributed by atoms with van der Waals surface area (Å²) in [5.74, 6) is 0.479. The van der Waals surface area contributed by atoms with Crippen LogP contribution in [0.25, 0.3) is 21.8 Å². The van der Waals surface area contributed by atoms with Crippen molar-refractivity contribution in [3.8, 4) is 0 Å². The molecule has 158 valence electrons. The van der Waals surface area contributed by atoms with E-state index in [1.165, 1.54) is 12.0 Å². The van der Waals surface area contributed by atoms with Crippen molar-refractivity contribution in [2.75, 3.05) is 0 Å². The van der Waals surface area contributed by atoms with Gasteiger partial charge in [-0.25, -0.2) is 4.98 Å². The molecule has 0 bridgehead atoms. The second-order valence-corrected chi connectivity index (χ2v) is 8.76. The Labute approximate surface area is 181 Å². The molecular formula is C26H27N3O2. The summed E-state index contributed by atoms with van der Waals surface area (Å²) in [6.45, 7) is 2.82. The van der Waals surface area contributed by atoms with Gasteiger partial charge < -0.3 is 9.13 Å². The Hall–Kier alpha value is -3.21. The van der Waals surface area contributed by atoms with Crippen LogP contribution in [0.1, 0.15) is 44.2 Å². The zero-order valence-corrected chi connectivity index (χ0v) is 17.8. The molecule has 4 aromatic rings. The third kappa shape index (κ3) is 3.69. The lowest BCUT2D eigenvalue weighted by Crippen LogP contribution is -2.30. The summed E-state index contributed by atoms with van der Waals surface area (Å²) >= 11 is 0. The molecule has 1 aromatic carbocycles. The van der Waals surface area contributed by atoms with Crippen LogP contribution < -0.4 is 11.1 Å². The van der Waals surface area contributed by atoms with E-state index in [2.05, 4.69) is 24.0 Å². The van der Waals surface area contributed by atoms with Gasteiger partial charge in [0.25, 0.3) is 11.1 Å². The first-order valence-electron chi connectivity index (χ1n) is 11.2. The molecule has 1 saturated carbocycles. The van der Waals surface area contributed by atoms with E-state index in [4.69, 9.17) is 0 Å². The van der Waals surface area contributed by atoms with Crippen molar-refractivity contribution in [1.29, 1.82) is 0 Å². The summed E-state index contributed by atoms with van der Waals surface area (Å²) in [5, 5.41) is 1.04. The smallest absolute Gasteiger partial charge is 0.260 e. The topological polar surface area (TPSA) is 56.9 Å². The fourth-order valence-corrected chi connectivity index (χ4v) is 4.92. The van der Waals surface area contributed by atoms with Gasteiger partial charge in [-0.15, -0.1) is 0 Å². The average Bonchev–Trinajstić information content (AvgIpc) is 2.80. The third-order valence-electron chi connectivity index (χ3n) is 6.75. The van der Waals surface area contributed by atoms with Crippen LogP contribution in [0.2, 0.25) is 0 Å². The number of aryl methyl sites for hydroxylation is 2. The van der Waals surface area contributed by atoms with Crippen molar-refractivity contribution in [3.05, 3.63) is 87.2 Å². The van der Waals surface area contributed by atoms with Crippen LogP contribution in [0.4, 0.5) is 0 Å². The number of pyridine rings is 3. The number of nitrogens with zero attached hydrogens (tertiary/aromatic N) is 3. The summed E-state index contributed by atoms with van der Waals surface area (Å²) in [4.78, 5) is 31.1. The molecule has 0 N–H and O–H groups in total. The average molecular weight is 414 g/mol. The zero-order chi connectivity index (χ0) is 21.4. The van der Waals surface area contributed by atoms with Gasteiger partial charge in [0.2, 0.25) is 0 Å². The highest BCUT2D eigenvalue weighted by Crippen LogP contribution is 2.32. The standard InChI is InChI=1S/C26H27N3O2/c1-18-7-5-6-10-24(18)29-16-13-23-21(26(29)31)17-20-22(27-23)12-15-28(25(20)30)14-11-19-8-3-2-4-9-19/h2-4,8-9,12-13,15-18,24H,5-7,10-11,14H2,1H3/t18-,24-/m1/s1. The number of aromatic nitrogens is 3. The number of hydrogen-bond acceptors (Lipinski definition) is 3. The van der Waals surface area contributed by atoms with Crippen molar-refractivity contribution < 1.29 is 0 Å². The van der Waals surface area contributed by atoms with E-state index >= 15 is 0 Å². The predicted molar refractivity (Wildman–Crippen MR) is 125 cm³/mol. The number of rotatable bonds is 4. The Morgan fingerprint density at radius 2 is 1.61 bits per heavy atom. The number of fused-ring (bicyclic) bond motifs is 2. The van der Waals surface area contributed by atoms with E-state index in [9.17, 15) is 9.59 Å². The van der Waals surface area contributed by atoms with Gasteiger partial charge in [-0.1, -0.05) is 50.1 Å². The van der Waals surface area contributed by atoms with Crippen molar-refractivity contribution in [2.24, 2.45) is 5.92 Å². The van der Waals surface area contributed by atoms with Gasteiger partial charge in [0, 0.05) is 25.0 Å². The van der Waals surface area contributed by atoms with Gasteiger partial charge in [0.15, 0.2) is 0 Å². The van der Waals surface area contributed by atoms with Crippen molar-refractivity contribution in [2.45, 2.75) is 51.6 Å². The maximum absolute atomic E-state index is 13.3. The zero-order valence-electron chi connectivity index (χ0n) is 17.8. The molecule has 0 amide bonds. The molecule has 0 radical (unpaired) electrons. The second kappa shape index (κ2) is 8.14. The molecule has 5 rings (SSSR count). The molecule has 0 spiro atoms. The largest absolute Gasteiger partial charge is 0.315 e. The molecule has 5 heteroatoms. The van der Waals surface area contributed by atoms with Gasteiger partial charge in [-0.05, 0) is 48.9 Å². The number of hydrogen-bond donors (Lipinski definition) is 0. The van der Waals surface area contributed by atoms with Crippen LogP contribution in [0.3, 0.4) is 0 Å². The van der Waals surface area contributed by atoms with Crippen LogP contribution in [-0.2, 0) is 13.0 Å². The fraction of sp³-hybridized carbons (Fsp3) is 0.346. The Morgan fingerprint density at radius 3 is 2.39 bits per heavy atom. The minimum atomic E-state index is -0.0938. The normalized spacial score (nSPS) is 19.1. The highest BCUT2D eigenvalue weighted by Gasteiger charge is 2.24. The molecule has 2 atom stereocenters. The summed E-state index contributed by atoms with van der Waals surface area (Å²) in [6.07, 6.45) is 9.03. The van der Waals surface area contributed by atoms with Crippen LogP contribution in [0.15, 0.2) is 70.5 Å². The molecule has 1 aliphatic carbocycles. The van der Waals surface area contributed by atoms with Crippen LogP contribution in [0, 0.1) is 5.92 Å². The quantitative estimate of drug-likeness (QED) is 0.456. The first kappa shape index (κ1) is 19.7. The predicted octanol–water partition coefficient (Wildman–Crippen LogP) is 4.71.